The molecule has 0 aliphatic heterocycles. The lowest BCUT2D eigenvalue weighted by Gasteiger charge is -2.01. The zero-order valence-corrected chi connectivity index (χ0v) is 12.0. The molecule has 0 bridgehead atoms. The van der Waals surface area contributed by atoms with Gasteiger partial charge in [-0.05, 0) is 19.1 Å². The van der Waals surface area contributed by atoms with Gasteiger partial charge < -0.3 is 0 Å². The standard InChI is InChI=1S/C13H10F3NOS2/c1-8-3-2-4-9(5-8)19-7-10(18)11-6-17-12(20-11)13(14,15)16/h2-6H,7H2,1H3. The van der Waals surface area contributed by atoms with Crippen LogP contribution in [-0.2, 0) is 6.18 Å². The SMILES string of the molecule is Cc1cccc(SCC(=O)c2cnc(C(F)(F)F)s2)c1. The van der Waals surface area contributed by atoms with Crippen molar-refractivity contribution in [3.63, 3.8) is 0 Å². The molecule has 1 aromatic heterocycles. The number of thioether (sulfide) groups is 1. The summed E-state index contributed by atoms with van der Waals surface area (Å²) < 4.78 is 37.2. The van der Waals surface area contributed by atoms with Gasteiger partial charge in [-0.15, -0.1) is 23.1 Å². The van der Waals surface area contributed by atoms with Crippen molar-refractivity contribution in [2.24, 2.45) is 0 Å². The second-order valence-corrected chi connectivity index (χ2v) is 6.14. The Morgan fingerprint density at radius 1 is 1.40 bits per heavy atom. The number of hydrogen-bond donors (Lipinski definition) is 0. The summed E-state index contributed by atoms with van der Waals surface area (Å²) in [6.07, 6.45) is -3.50. The smallest absolute Gasteiger partial charge is 0.292 e. The number of thiazole rings is 1. The second kappa shape index (κ2) is 5.97. The van der Waals surface area contributed by atoms with Gasteiger partial charge in [0.25, 0.3) is 0 Å². The van der Waals surface area contributed by atoms with Crippen LogP contribution in [0.4, 0.5) is 13.2 Å². The molecule has 0 N–H and O–H groups in total. The van der Waals surface area contributed by atoms with Gasteiger partial charge in [0.2, 0.25) is 0 Å². The topological polar surface area (TPSA) is 30.0 Å². The third-order valence-corrected chi connectivity index (χ3v) is 4.46. The lowest BCUT2D eigenvalue weighted by Crippen LogP contribution is -2.03. The first kappa shape index (κ1) is 15.1. The molecule has 0 fully saturated rings. The number of aromatic nitrogens is 1. The maximum absolute atomic E-state index is 12.4. The van der Waals surface area contributed by atoms with Gasteiger partial charge in [-0.1, -0.05) is 17.7 Å². The van der Waals surface area contributed by atoms with Gasteiger partial charge in [-0.3, -0.25) is 4.79 Å². The van der Waals surface area contributed by atoms with Crippen molar-refractivity contribution in [2.75, 3.05) is 5.75 Å². The van der Waals surface area contributed by atoms with E-state index >= 15 is 0 Å². The van der Waals surface area contributed by atoms with Gasteiger partial charge >= 0.3 is 6.18 Å². The number of alkyl halides is 3. The highest BCUT2D eigenvalue weighted by molar-refractivity contribution is 8.00. The normalized spacial score (nSPS) is 11.6. The summed E-state index contributed by atoms with van der Waals surface area (Å²) in [6, 6.07) is 7.59. The first-order valence-electron chi connectivity index (χ1n) is 5.62. The van der Waals surface area contributed by atoms with Gasteiger partial charge in [0.05, 0.1) is 10.6 Å². The second-order valence-electron chi connectivity index (χ2n) is 4.06. The molecule has 2 aromatic rings. The van der Waals surface area contributed by atoms with Crippen molar-refractivity contribution >= 4 is 28.9 Å². The Kier molecular flexibility index (Phi) is 4.49. The quantitative estimate of drug-likeness (QED) is 0.616. The molecule has 0 radical (unpaired) electrons. The zero-order chi connectivity index (χ0) is 14.8. The van der Waals surface area contributed by atoms with Crippen LogP contribution < -0.4 is 0 Å². The number of carbonyl (C=O) groups excluding carboxylic acids is 1. The highest BCUT2D eigenvalue weighted by Crippen LogP contribution is 2.33. The monoisotopic (exact) mass is 317 g/mol. The van der Waals surface area contributed by atoms with E-state index in [0.29, 0.717) is 11.3 Å². The van der Waals surface area contributed by atoms with Crippen LogP contribution in [0.15, 0.2) is 35.4 Å². The van der Waals surface area contributed by atoms with E-state index in [-0.39, 0.29) is 16.4 Å². The van der Waals surface area contributed by atoms with Crippen molar-refractivity contribution in [3.05, 3.63) is 45.9 Å². The summed E-state index contributed by atoms with van der Waals surface area (Å²) in [5.74, 6) is -0.243. The minimum absolute atomic E-state index is 0.0393. The van der Waals surface area contributed by atoms with Crippen LogP contribution >= 0.6 is 23.1 Å². The Balaban J connectivity index is 2.00. The summed E-state index contributed by atoms with van der Waals surface area (Å²) in [5, 5.41) is -0.985. The van der Waals surface area contributed by atoms with Crippen LogP contribution in [-0.4, -0.2) is 16.5 Å². The number of halogens is 3. The Morgan fingerprint density at radius 3 is 2.75 bits per heavy atom. The predicted octanol–water partition coefficient (Wildman–Crippen LogP) is 4.45. The molecule has 0 aliphatic carbocycles. The molecular weight excluding hydrogens is 307 g/mol. The minimum atomic E-state index is -4.49. The van der Waals surface area contributed by atoms with Crippen molar-refractivity contribution in [2.45, 2.75) is 18.0 Å². The van der Waals surface area contributed by atoms with Crippen molar-refractivity contribution in [3.8, 4) is 0 Å². The molecule has 0 atom stereocenters. The van der Waals surface area contributed by atoms with E-state index in [1.807, 2.05) is 31.2 Å². The number of aryl methyl sites for hydroxylation is 1. The maximum Gasteiger partial charge on any atom is 0.443 e. The van der Waals surface area contributed by atoms with E-state index in [1.165, 1.54) is 11.8 Å². The van der Waals surface area contributed by atoms with E-state index in [4.69, 9.17) is 0 Å². The number of benzene rings is 1. The number of carbonyl (C=O) groups is 1. The van der Waals surface area contributed by atoms with Gasteiger partial charge in [0, 0.05) is 11.1 Å². The molecular formula is C13H10F3NOS2. The number of Topliss-reactive ketones (excluding diaryl/α,β-unsaturated/α-hetero) is 1. The zero-order valence-electron chi connectivity index (χ0n) is 10.4. The third kappa shape index (κ3) is 3.83. The van der Waals surface area contributed by atoms with Crippen LogP contribution in [0.5, 0.6) is 0 Å². The largest absolute Gasteiger partial charge is 0.443 e. The summed E-state index contributed by atoms with van der Waals surface area (Å²) in [5.41, 5.74) is 1.07. The molecule has 0 saturated heterocycles. The Morgan fingerprint density at radius 2 is 2.15 bits per heavy atom. The summed E-state index contributed by atoms with van der Waals surface area (Å²) in [7, 11) is 0. The Bertz CT molecular complexity index is 622. The van der Waals surface area contributed by atoms with E-state index < -0.39 is 11.2 Å². The summed E-state index contributed by atoms with van der Waals surface area (Å²) >= 11 is 1.69. The first-order valence-corrected chi connectivity index (χ1v) is 7.42. The van der Waals surface area contributed by atoms with Crippen LogP contribution in [0.25, 0.3) is 0 Å². The molecule has 7 heteroatoms. The average molecular weight is 317 g/mol. The molecule has 0 spiro atoms. The van der Waals surface area contributed by atoms with Crippen LogP contribution in [0, 0.1) is 6.92 Å². The highest BCUT2D eigenvalue weighted by atomic mass is 32.2. The van der Waals surface area contributed by atoms with Gasteiger partial charge in [-0.2, -0.15) is 13.2 Å². The fourth-order valence-corrected chi connectivity index (χ4v) is 3.17. The highest BCUT2D eigenvalue weighted by Gasteiger charge is 2.35. The predicted molar refractivity (Wildman–Crippen MR) is 73.3 cm³/mol. The first-order chi connectivity index (χ1) is 9.36. The Hall–Kier alpha value is -1.34. The number of nitrogens with zero attached hydrogens (tertiary/aromatic N) is 1. The molecule has 2 nitrogen and oxygen atoms in total. The molecule has 0 unspecified atom stereocenters. The molecule has 1 aromatic carbocycles. The lowest BCUT2D eigenvalue weighted by atomic mass is 10.2. The molecule has 0 aliphatic rings. The maximum atomic E-state index is 12.4. The summed E-state index contributed by atoms with van der Waals surface area (Å²) in [4.78, 5) is 16.0. The van der Waals surface area contributed by atoms with Gasteiger partial charge in [-0.25, -0.2) is 4.98 Å². The molecule has 1 heterocycles. The van der Waals surface area contributed by atoms with Crippen LogP contribution in [0.1, 0.15) is 20.2 Å². The molecule has 106 valence electrons. The van der Waals surface area contributed by atoms with Crippen LogP contribution in [0.3, 0.4) is 0 Å². The number of hydrogen-bond acceptors (Lipinski definition) is 4. The Labute approximate surface area is 122 Å². The molecule has 0 saturated carbocycles. The fourth-order valence-electron chi connectivity index (χ4n) is 1.46. The lowest BCUT2D eigenvalue weighted by molar-refractivity contribution is -0.137. The molecule has 0 amide bonds. The summed E-state index contributed by atoms with van der Waals surface area (Å²) in [6.45, 7) is 1.94. The van der Waals surface area contributed by atoms with Crippen molar-refractivity contribution in [1.29, 1.82) is 0 Å². The molecule has 2 rings (SSSR count). The van der Waals surface area contributed by atoms with E-state index in [0.717, 1.165) is 16.7 Å². The number of ketones is 1. The third-order valence-electron chi connectivity index (χ3n) is 2.38. The average Bonchev–Trinajstić information content (AvgIpc) is 2.85. The van der Waals surface area contributed by atoms with Crippen molar-refractivity contribution < 1.29 is 18.0 Å². The number of rotatable bonds is 4. The molecule has 20 heavy (non-hydrogen) atoms. The van der Waals surface area contributed by atoms with Crippen molar-refractivity contribution in [1.82, 2.24) is 4.98 Å². The van der Waals surface area contributed by atoms with E-state index in [1.54, 1.807) is 0 Å². The van der Waals surface area contributed by atoms with Crippen LogP contribution in [0.2, 0.25) is 0 Å². The van der Waals surface area contributed by atoms with Gasteiger partial charge in [0.15, 0.2) is 10.8 Å². The van der Waals surface area contributed by atoms with Gasteiger partial charge in [0.1, 0.15) is 0 Å². The van der Waals surface area contributed by atoms with E-state index in [9.17, 15) is 18.0 Å². The fraction of sp³-hybridized carbons (Fsp3) is 0.231. The van der Waals surface area contributed by atoms with E-state index in [2.05, 4.69) is 4.98 Å². The minimum Gasteiger partial charge on any atom is -0.292 e.